The number of rotatable bonds is 31. The molecule has 0 aliphatic carbocycles. The molecule has 1 amide bonds. The summed E-state index contributed by atoms with van der Waals surface area (Å²) in [6.45, 7) is 3.85. The van der Waals surface area contributed by atoms with Crippen molar-refractivity contribution in [3.05, 3.63) is 48.6 Å². The smallest absolute Gasteiger partial charge is 0.220 e. The molecule has 0 aromatic heterocycles. The predicted molar refractivity (Wildman–Crippen MR) is 187 cm³/mol. The summed E-state index contributed by atoms with van der Waals surface area (Å²) in [4.78, 5) is 12.3. The number of hydrogen-bond acceptors (Lipinski definition) is 5. The van der Waals surface area contributed by atoms with Gasteiger partial charge in [-0.15, -0.1) is 0 Å². The normalized spacial score (nSPS) is 15.1. The Bertz CT molecular complexity index is 748. The summed E-state index contributed by atoms with van der Waals surface area (Å²) in [6.07, 6.45) is 37.1. The van der Waals surface area contributed by atoms with Crippen molar-refractivity contribution >= 4 is 5.91 Å². The number of carbonyl (C=O) groups is 1. The number of hydrogen-bond donors (Lipinski definition) is 5. The molecule has 44 heavy (non-hydrogen) atoms. The third-order valence-electron chi connectivity index (χ3n) is 8.10. The van der Waals surface area contributed by atoms with E-state index in [4.69, 9.17) is 0 Å². The van der Waals surface area contributed by atoms with Crippen LogP contribution in [0.5, 0.6) is 0 Å². The predicted octanol–water partition coefficient (Wildman–Crippen LogP) is 8.39. The molecule has 0 fully saturated rings. The molecule has 0 rings (SSSR count). The van der Waals surface area contributed by atoms with E-state index in [1.54, 1.807) is 0 Å². The highest BCUT2D eigenvalue weighted by Crippen LogP contribution is 2.15. The third kappa shape index (κ3) is 27.8. The van der Waals surface area contributed by atoms with Crippen molar-refractivity contribution in [2.45, 2.75) is 179 Å². The van der Waals surface area contributed by atoms with Gasteiger partial charge >= 0.3 is 0 Å². The lowest BCUT2D eigenvalue weighted by molar-refractivity contribution is -0.124. The number of aliphatic hydroxyl groups is 4. The molecule has 0 saturated heterocycles. The molecule has 5 N–H and O–H groups in total. The molecule has 0 radical (unpaired) electrons. The van der Waals surface area contributed by atoms with Crippen molar-refractivity contribution in [1.29, 1.82) is 0 Å². The van der Waals surface area contributed by atoms with Crippen LogP contribution in [0.15, 0.2) is 48.6 Å². The molecule has 0 aliphatic rings. The van der Waals surface area contributed by atoms with Crippen LogP contribution in [0.25, 0.3) is 0 Å². The van der Waals surface area contributed by atoms with Crippen LogP contribution in [-0.4, -0.2) is 57.3 Å². The van der Waals surface area contributed by atoms with Gasteiger partial charge in [0, 0.05) is 6.42 Å². The molecule has 6 heteroatoms. The van der Waals surface area contributed by atoms with Crippen LogP contribution in [0, 0.1) is 0 Å². The highest BCUT2D eigenvalue weighted by atomic mass is 16.3. The van der Waals surface area contributed by atoms with Crippen LogP contribution in [0.4, 0.5) is 0 Å². The van der Waals surface area contributed by atoms with Gasteiger partial charge in [0.2, 0.25) is 5.91 Å². The summed E-state index contributed by atoms with van der Waals surface area (Å²) in [5, 5.41) is 42.8. The summed E-state index contributed by atoms with van der Waals surface area (Å²) >= 11 is 0. The quantitative estimate of drug-likeness (QED) is 0.0395. The number of unbranched alkanes of at least 4 members (excludes halogenated alkanes) is 12. The minimum atomic E-state index is -1.17. The van der Waals surface area contributed by atoms with Crippen LogP contribution in [-0.2, 0) is 4.79 Å². The van der Waals surface area contributed by atoms with Crippen molar-refractivity contribution in [2.75, 3.05) is 6.61 Å². The molecule has 0 bridgehead atoms. The molecule has 0 heterocycles. The van der Waals surface area contributed by atoms with Gasteiger partial charge in [-0.3, -0.25) is 4.79 Å². The molecule has 0 aromatic rings. The largest absolute Gasteiger partial charge is 0.394 e. The van der Waals surface area contributed by atoms with Gasteiger partial charge in [-0.1, -0.05) is 140 Å². The zero-order valence-electron chi connectivity index (χ0n) is 28.4. The Kier molecular flexibility index (Phi) is 31.4. The lowest BCUT2D eigenvalue weighted by Crippen LogP contribution is -2.50. The Hall–Kier alpha value is -1.73. The van der Waals surface area contributed by atoms with Crippen molar-refractivity contribution in [2.24, 2.45) is 0 Å². The number of amides is 1. The van der Waals surface area contributed by atoms with E-state index >= 15 is 0 Å². The van der Waals surface area contributed by atoms with E-state index in [-0.39, 0.29) is 12.0 Å². The second-order valence-electron chi connectivity index (χ2n) is 12.2. The van der Waals surface area contributed by atoms with E-state index in [2.05, 4.69) is 60.8 Å². The molecule has 0 aromatic carbocycles. The number of nitrogens with one attached hydrogen (secondary N) is 1. The number of allylic oxidation sites excluding steroid dienone is 8. The number of aliphatic hydroxyl groups excluding tert-OH is 4. The van der Waals surface area contributed by atoms with Gasteiger partial charge in [-0.05, 0) is 57.8 Å². The minimum absolute atomic E-state index is 0.183. The Balaban J connectivity index is 3.86. The van der Waals surface area contributed by atoms with Crippen LogP contribution >= 0.6 is 0 Å². The van der Waals surface area contributed by atoms with Gasteiger partial charge in [0.15, 0.2) is 0 Å². The summed E-state index contributed by atoms with van der Waals surface area (Å²) in [5.74, 6) is -0.214. The maximum atomic E-state index is 12.3. The fourth-order valence-corrected chi connectivity index (χ4v) is 5.07. The Morgan fingerprint density at radius 2 is 1.09 bits per heavy atom. The SMILES string of the molecule is CCCCCCCCCCCCCC[C@H](O)[C@@H](O)[C@H](CO)NC(=O)CCC/C=C\C/C=C\C/C=C\C/C=C\CC[C@H](O)CC. The van der Waals surface area contributed by atoms with Crippen LogP contribution in [0.1, 0.15) is 155 Å². The molecule has 0 unspecified atom stereocenters. The van der Waals surface area contributed by atoms with Crippen molar-refractivity contribution in [1.82, 2.24) is 5.32 Å². The van der Waals surface area contributed by atoms with E-state index in [1.165, 1.54) is 57.8 Å². The lowest BCUT2D eigenvalue weighted by Gasteiger charge is -2.26. The van der Waals surface area contributed by atoms with E-state index < -0.39 is 24.9 Å². The first-order valence-corrected chi connectivity index (χ1v) is 18.0. The van der Waals surface area contributed by atoms with E-state index in [0.29, 0.717) is 19.3 Å². The molecular formula is C38H69NO5. The monoisotopic (exact) mass is 620 g/mol. The third-order valence-corrected chi connectivity index (χ3v) is 8.10. The summed E-state index contributed by atoms with van der Waals surface area (Å²) < 4.78 is 0. The van der Waals surface area contributed by atoms with Crippen LogP contribution in [0.2, 0.25) is 0 Å². The molecule has 0 saturated carbocycles. The molecule has 0 aliphatic heterocycles. The van der Waals surface area contributed by atoms with Crippen molar-refractivity contribution in [3.8, 4) is 0 Å². The van der Waals surface area contributed by atoms with Gasteiger partial charge in [0.1, 0.15) is 6.10 Å². The zero-order chi connectivity index (χ0) is 32.5. The number of carbonyl (C=O) groups excluding carboxylic acids is 1. The molecule has 4 atom stereocenters. The average molecular weight is 620 g/mol. The minimum Gasteiger partial charge on any atom is -0.394 e. The highest BCUT2D eigenvalue weighted by molar-refractivity contribution is 5.76. The molecular weight excluding hydrogens is 550 g/mol. The average Bonchev–Trinajstić information content (AvgIpc) is 3.03. The van der Waals surface area contributed by atoms with Crippen LogP contribution < -0.4 is 5.32 Å². The van der Waals surface area contributed by atoms with E-state index in [9.17, 15) is 25.2 Å². The second kappa shape index (κ2) is 32.7. The van der Waals surface area contributed by atoms with Gasteiger partial charge in [-0.2, -0.15) is 0 Å². The molecule has 256 valence electrons. The lowest BCUT2D eigenvalue weighted by atomic mass is 9.99. The second-order valence-corrected chi connectivity index (χ2v) is 12.2. The van der Waals surface area contributed by atoms with E-state index in [0.717, 1.165) is 64.2 Å². The van der Waals surface area contributed by atoms with E-state index in [1.807, 2.05) is 6.92 Å². The first-order valence-electron chi connectivity index (χ1n) is 18.0. The van der Waals surface area contributed by atoms with Gasteiger partial charge < -0.3 is 25.7 Å². The fraction of sp³-hybridized carbons (Fsp3) is 0.763. The summed E-state index contributed by atoms with van der Waals surface area (Å²) in [7, 11) is 0. The van der Waals surface area contributed by atoms with Gasteiger partial charge in [-0.25, -0.2) is 0 Å². The summed E-state index contributed by atoms with van der Waals surface area (Å²) in [5.41, 5.74) is 0. The van der Waals surface area contributed by atoms with Crippen molar-refractivity contribution < 1.29 is 25.2 Å². The topological polar surface area (TPSA) is 110 Å². The zero-order valence-corrected chi connectivity index (χ0v) is 28.4. The van der Waals surface area contributed by atoms with Gasteiger partial charge in [0.25, 0.3) is 0 Å². The molecule has 6 nitrogen and oxygen atoms in total. The Morgan fingerprint density at radius 1 is 0.614 bits per heavy atom. The first kappa shape index (κ1) is 42.3. The highest BCUT2D eigenvalue weighted by Gasteiger charge is 2.26. The van der Waals surface area contributed by atoms with Crippen LogP contribution in [0.3, 0.4) is 0 Å². The molecule has 0 spiro atoms. The Labute approximate surface area is 270 Å². The standard InChI is InChI=1S/C38H69NO5/c1-3-5-6-7-8-9-10-16-19-22-25-28-31-36(42)38(44)35(33-40)39-37(43)32-29-26-23-20-17-14-12-11-13-15-18-21-24-27-30-34(41)4-2/h12-15,20-21,23-24,34-36,38,40-42,44H,3-11,16-19,22,25-33H2,1-2H3,(H,39,43)/b14-12-,15-13-,23-20-,24-21-/t34-,35+,36+,38+/m1/s1. The maximum Gasteiger partial charge on any atom is 0.220 e. The first-order chi connectivity index (χ1) is 21.5. The van der Waals surface area contributed by atoms with Gasteiger partial charge in [0.05, 0.1) is 24.9 Å². The Morgan fingerprint density at radius 3 is 1.59 bits per heavy atom. The fourth-order valence-electron chi connectivity index (χ4n) is 5.07. The van der Waals surface area contributed by atoms with Crippen molar-refractivity contribution in [3.63, 3.8) is 0 Å². The summed E-state index contributed by atoms with van der Waals surface area (Å²) in [6, 6.07) is -0.847. The maximum absolute atomic E-state index is 12.3.